The van der Waals surface area contributed by atoms with Crippen LogP contribution in [0.2, 0.25) is 0 Å². The van der Waals surface area contributed by atoms with Crippen molar-refractivity contribution in [3.05, 3.63) is 76.6 Å². The van der Waals surface area contributed by atoms with Crippen LogP contribution >= 0.6 is 0 Å². The highest BCUT2D eigenvalue weighted by atomic mass is 32.2. The maximum absolute atomic E-state index is 14.3. The molecule has 0 aromatic heterocycles. The molecule has 2 aromatic carbocycles. The molecule has 0 radical (unpaired) electrons. The lowest BCUT2D eigenvalue weighted by Crippen LogP contribution is -2.34. The molecule has 8 heteroatoms. The molecule has 0 fully saturated rings. The molecule has 6 nitrogen and oxygen atoms in total. The van der Waals surface area contributed by atoms with Gasteiger partial charge >= 0.3 is 6.03 Å². The first kappa shape index (κ1) is 23.6. The predicted molar refractivity (Wildman–Crippen MR) is 118 cm³/mol. The average molecular weight is 434 g/mol. The molecule has 0 aliphatic rings. The second-order valence-electron chi connectivity index (χ2n) is 7.92. The van der Waals surface area contributed by atoms with Crippen LogP contribution in [-0.4, -0.2) is 14.4 Å². The molecule has 0 aliphatic carbocycles. The number of thiol groups is 1. The van der Waals surface area contributed by atoms with E-state index < -0.39 is 16.7 Å². The van der Waals surface area contributed by atoms with Gasteiger partial charge in [0, 0.05) is 25.2 Å². The van der Waals surface area contributed by atoms with Gasteiger partial charge < -0.3 is 10.6 Å². The number of halogens is 1. The van der Waals surface area contributed by atoms with Crippen molar-refractivity contribution >= 4 is 23.0 Å². The molecule has 0 saturated carbocycles. The van der Waals surface area contributed by atoms with Gasteiger partial charge in [-0.25, -0.2) is 22.3 Å². The SMILES string of the molecule is C=Cc1cc(CNC(=O)NCc2ccc(C(C)(C)C)cc2)cc(F)c1CN[SH](=O)=O. The highest BCUT2D eigenvalue weighted by Gasteiger charge is 2.13. The van der Waals surface area contributed by atoms with Crippen molar-refractivity contribution in [3.8, 4) is 0 Å². The molecule has 0 heterocycles. The monoisotopic (exact) mass is 433 g/mol. The first-order valence-electron chi connectivity index (χ1n) is 9.53. The molecule has 162 valence electrons. The van der Waals surface area contributed by atoms with Crippen molar-refractivity contribution in [2.75, 3.05) is 0 Å². The largest absolute Gasteiger partial charge is 0.334 e. The molecule has 3 N–H and O–H groups in total. The van der Waals surface area contributed by atoms with Crippen LogP contribution in [0.5, 0.6) is 0 Å². The quantitative estimate of drug-likeness (QED) is 0.482. The number of nitrogens with one attached hydrogen (secondary N) is 3. The fourth-order valence-corrected chi connectivity index (χ4v) is 3.17. The van der Waals surface area contributed by atoms with Crippen LogP contribution in [0.3, 0.4) is 0 Å². The normalized spacial score (nSPS) is 11.4. The summed E-state index contributed by atoms with van der Waals surface area (Å²) in [6, 6.07) is 10.6. The van der Waals surface area contributed by atoms with Crippen molar-refractivity contribution in [1.82, 2.24) is 15.4 Å². The maximum Gasteiger partial charge on any atom is 0.315 e. The Morgan fingerprint density at radius 3 is 2.17 bits per heavy atom. The van der Waals surface area contributed by atoms with Gasteiger partial charge in [-0.05, 0) is 39.8 Å². The van der Waals surface area contributed by atoms with Crippen molar-refractivity contribution in [2.45, 2.75) is 45.8 Å². The summed E-state index contributed by atoms with van der Waals surface area (Å²) in [5.41, 5.74) is 3.48. The van der Waals surface area contributed by atoms with Crippen molar-refractivity contribution in [3.63, 3.8) is 0 Å². The van der Waals surface area contributed by atoms with Crippen LogP contribution in [0.4, 0.5) is 9.18 Å². The zero-order chi connectivity index (χ0) is 22.3. The van der Waals surface area contributed by atoms with Crippen LogP contribution in [0.25, 0.3) is 6.08 Å². The van der Waals surface area contributed by atoms with Gasteiger partial charge in [-0.2, -0.15) is 0 Å². The van der Waals surface area contributed by atoms with Gasteiger partial charge in [0.2, 0.25) is 10.9 Å². The van der Waals surface area contributed by atoms with Gasteiger partial charge in [0.1, 0.15) is 5.82 Å². The number of amides is 2. The van der Waals surface area contributed by atoms with E-state index in [-0.39, 0.29) is 30.1 Å². The Kier molecular flexibility index (Phi) is 8.14. The third-order valence-electron chi connectivity index (χ3n) is 4.62. The standard InChI is InChI=1S/C22H28FN3O3S/c1-5-17-10-16(11-20(23)19(17)14-26-30(28)29)13-25-21(27)24-12-15-6-8-18(9-7-15)22(2,3)4/h5-11,30H,1,12-14H2,2-4H3,(H2,24,25,27)(H,26,28,29). The van der Waals surface area contributed by atoms with Crippen LogP contribution in [-0.2, 0) is 35.9 Å². The zero-order valence-electron chi connectivity index (χ0n) is 17.4. The molecule has 0 bridgehead atoms. The fraction of sp³-hybridized carbons (Fsp3) is 0.318. The summed E-state index contributed by atoms with van der Waals surface area (Å²) in [4.78, 5) is 12.1. The lowest BCUT2D eigenvalue weighted by Gasteiger charge is -2.19. The molecule has 2 aromatic rings. The van der Waals surface area contributed by atoms with Gasteiger partial charge in [0.05, 0.1) is 0 Å². The van der Waals surface area contributed by atoms with E-state index >= 15 is 0 Å². The molecular weight excluding hydrogens is 405 g/mol. The highest BCUT2D eigenvalue weighted by molar-refractivity contribution is 7.70. The Labute approximate surface area is 178 Å². The van der Waals surface area contributed by atoms with Gasteiger partial charge in [0.15, 0.2) is 0 Å². The summed E-state index contributed by atoms with van der Waals surface area (Å²) in [7, 11) is -2.82. The van der Waals surface area contributed by atoms with Crippen LogP contribution in [0, 0.1) is 5.82 Å². The first-order valence-corrected chi connectivity index (χ1v) is 10.7. The molecule has 0 atom stereocenters. The highest BCUT2D eigenvalue weighted by Crippen LogP contribution is 2.22. The summed E-state index contributed by atoms with van der Waals surface area (Å²) >= 11 is 0. The molecule has 2 rings (SSSR count). The Morgan fingerprint density at radius 2 is 1.63 bits per heavy atom. The van der Waals surface area contributed by atoms with E-state index in [9.17, 15) is 17.6 Å². The fourth-order valence-electron chi connectivity index (χ4n) is 2.88. The lowest BCUT2D eigenvalue weighted by atomic mass is 9.87. The molecule has 30 heavy (non-hydrogen) atoms. The van der Waals surface area contributed by atoms with E-state index in [0.29, 0.717) is 17.7 Å². The lowest BCUT2D eigenvalue weighted by molar-refractivity contribution is 0.240. The van der Waals surface area contributed by atoms with Gasteiger partial charge in [-0.15, -0.1) is 0 Å². The minimum atomic E-state index is -2.82. The number of urea groups is 1. The Morgan fingerprint density at radius 1 is 1.03 bits per heavy atom. The number of hydrogen-bond donors (Lipinski definition) is 4. The smallest absolute Gasteiger partial charge is 0.315 e. The van der Waals surface area contributed by atoms with Gasteiger partial charge in [0.25, 0.3) is 0 Å². The van der Waals surface area contributed by atoms with Gasteiger partial charge in [-0.3, -0.25) is 0 Å². The number of hydrogen-bond acceptors (Lipinski definition) is 3. The summed E-state index contributed by atoms with van der Waals surface area (Å²) in [5.74, 6) is -0.562. The summed E-state index contributed by atoms with van der Waals surface area (Å²) in [5, 5.41) is 5.46. The van der Waals surface area contributed by atoms with E-state index in [2.05, 4.69) is 42.7 Å². The maximum atomic E-state index is 14.3. The number of rotatable bonds is 8. The minimum Gasteiger partial charge on any atom is -0.334 e. The van der Waals surface area contributed by atoms with E-state index in [0.717, 1.165) is 5.56 Å². The number of benzene rings is 2. The molecule has 0 aliphatic heterocycles. The Balaban J connectivity index is 1.92. The zero-order valence-corrected chi connectivity index (χ0v) is 18.3. The Hall–Kier alpha value is -2.71. The molecule has 0 spiro atoms. The molecule has 0 unspecified atom stereocenters. The summed E-state index contributed by atoms with van der Waals surface area (Å²) in [6.45, 7) is 10.4. The van der Waals surface area contributed by atoms with E-state index in [1.165, 1.54) is 17.7 Å². The van der Waals surface area contributed by atoms with Crippen LogP contribution < -0.4 is 15.4 Å². The summed E-state index contributed by atoms with van der Waals surface area (Å²) in [6.07, 6.45) is 1.45. The van der Waals surface area contributed by atoms with E-state index in [4.69, 9.17) is 0 Å². The third-order valence-corrected chi connectivity index (χ3v) is 5.04. The summed E-state index contributed by atoms with van der Waals surface area (Å²) < 4.78 is 37.9. The van der Waals surface area contributed by atoms with Crippen LogP contribution in [0.1, 0.15) is 48.6 Å². The number of carbonyl (C=O) groups excluding carboxylic acids is 1. The third kappa shape index (κ3) is 6.96. The minimum absolute atomic E-state index is 0.0705. The van der Waals surface area contributed by atoms with E-state index in [1.807, 2.05) is 24.3 Å². The van der Waals surface area contributed by atoms with Crippen LogP contribution in [0.15, 0.2) is 43.0 Å². The van der Waals surface area contributed by atoms with Crippen molar-refractivity contribution < 1.29 is 17.6 Å². The van der Waals surface area contributed by atoms with Crippen molar-refractivity contribution in [2.24, 2.45) is 0 Å². The predicted octanol–water partition coefficient (Wildman–Crippen LogP) is 3.38. The Bertz CT molecular complexity index is 972. The van der Waals surface area contributed by atoms with Gasteiger partial charge in [-0.1, -0.05) is 57.7 Å². The second kappa shape index (κ2) is 10.4. The average Bonchev–Trinajstić information content (AvgIpc) is 2.68. The van der Waals surface area contributed by atoms with Crippen molar-refractivity contribution in [1.29, 1.82) is 0 Å². The van der Waals surface area contributed by atoms with E-state index in [1.54, 1.807) is 6.07 Å². The molecular formula is C22H28FN3O3S. The molecule has 0 saturated heterocycles. The number of carbonyl (C=O) groups is 1. The topological polar surface area (TPSA) is 87.3 Å². The molecule has 2 amide bonds. The second-order valence-corrected chi connectivity index (χ2v) is 8.76. The first-order chi connectivity index (χ1) is 14.1.